The molecule has 3 nitrogen and oxygen atoms in total. The Hall–Kier alpha value is -12.0. The lowest BCUT2D eigenvalue weighted by Gasteiger charge is -2.38. The third-order valence-electron chi connectivity index (χ3n) is 34.5. The van der Waals surface area contributed by atoms with E-state index in [1.807, 2.05) is 0 Å². The molecule has 0 radical (unpaired) electrons. The number of aromatic nitrogens is 2. The van der Waals surface area contributed by atoms with Gasteiger partial charge in [0.2, 0.25) is 11.8 Å². The molecule has 142 heavy (non-hydrogen) atoms. The first kappa shape index (κ1) is 100. The van der Waals surface area contributed by atoms with Crippen molar-refractivity contribution in [1.82, 2.24) is 10.2 Å². The fourth-order valence-corrected chi connectivity index (χ4v) is 25.1. The van der Waals surface area contributed by atoms with Gasteiger partial charge in [-0.05, 0) is 352 Å². The van der Waals surface area contributed by atoms with Gasteiger partial charge < -0.3 is 4.42 Å². The van der Waals surface area contributed by atoms with Crippen LogP contribution in [0.1, 0.15) is 345 Å². The maximum absolute atomic E-state index is 6.38. The molecule has 1 aromatic heterocycles. The second-order valence-corrected chi connectivity index (χ2v) is 44.7. The van der Waals surface area contributed by atoms with Crippen LogP contribution in [0, 0.1) is 47.3 Å². The minimum absolute atomic E-state index is 0.0416. The largest absolute Gasteiger partial charge is 0.416 e. The second-order valence-electron chi connectivity index (χ2n) is 44.7. The van der Waals surface area contributed by atoms with E-state index < -0.39 is 0 Å². The van der Waals surface area contributed by atoms with Gasteiger partial charge in [-0.2, -0.15) is 0 Å². The number of fused-ring (bicyclic) bond motifs is 12. The summed E-state index contributed by atoms with van der Waals surface area (Å²) in [6.07, 6.45) is 43.0. The zero-order valence-electron chi connectivity index (χ0n) is 88.6. The van der Waals surface area contributed by atoms with E-state index in [0.29, 0.717) is 59.1 Å². The van der Waals surface area contributed by atoms with Crippen LogP contribution >= 0.6 is 0 Å². The Kier molecular flexibility index (Phi) is 31.0. The summed E-state index contributed by atoms with van der Waals surface area (Å²) in [5.41, 5.74) is 44.2. The lowest BCUT2D eigenvalue weighted by Crippen LogP contribution is -2.30. The molecule has 14 aromatic rings. The topological polar surface area (TPSA) is 38.9 Å². The molecule has 0 N–H and O–H groups in total. The van der Waals surface area contributed by atoms with Crippen LogP contribution in [0.3, 0.4) is 0 Å². The van der Waals surface area contributed by atoms with Gasteiger partial charge in [-0.15, -0.1) is 10.2 Å². The molecule has 0 bridgehead atoms. The number of rotatable bonds is 43. The molecular formula is C139H156N2O. The highest BCUT2D eigenvalue weighted by Gasteiger charge is 2.50. The molecule has 8 atom stereocenters. The summed E-state index contributed by atoms with van der Waals surface area (Å²) in [5.74, 6) is 5.69. The van der Waals surface area contributed by atoms with Gasteiger partial charge in [-0.25, -0.2) is 0 Å². The van der Waals surface area contributed by atoms with Crippen molar-refractivity contribution in [2.45, 2.75) is 281 Å². The summed E-state index contributed by atoms with van der Waals surface area (Å²) in [7, 11) is 0. The predicted molar refractivity (Wildman–Crippen MR) is 612 cm³/mol. The third kappa shape index (κ3) is 20.8. The Morgan fingerprint density at radius 2 is 0.451 bits per heavy atom. The van der Waals surface area contributed by atoms with Crippen LogP contribution in [-0.2, 0) is 40.9 Å². The van der Waals surface area contributed by atoms with E-state index >= 15 is 0 Å². The molecule has 3 heteroatoms. The van der Waals surface area contributed by atoms with E-state index in [1.165, 1.54) is 199 Å². The van der Waals surface area contributed by atoms with E-state index in [9.17, 15) is 0 Å². The summed E-state index contributed by atoms with van der Waals surface area (Å²) in [4.78, 5) is 0. The molecule has 1 heterocycles. The molecule has 13 aromatic carbocycles. The quantitative estimate of drug-likeness (QED) is 0.0358. The first-order valence-corrected chi connectivity index (χ1v) is 55.2. The van der Waals surface area contributed by atoms with Crippen LogP contribution in [0.5, 0.6) is 0 Å². The van der Waals surface area contributed by atoms with Gasteiger partial charge >= 0.3 is 0 Å². The molecule has 0 saturated heterocycles. The Balaban J connectivity index is 0.574. The van der Waals surface area contributed by atoms with Gasteiger partial charge in [0.05, 0.1) is 0 Å². The van der Waals surface area contributed by atoms with Crippen LogP contribution in [0.25, 0.3) is 138 Å². The average Bonchev–Trinajstić information content (AvgIpc) is 1.58. The number of hydrogen-bond donors (Lipinski definition) is 0. The Bertz CT molecular complexity index is 6840. The van der Waals surface area contributed by atoms with Crippen LogP contribution in [-0.4, -0.2) is 10.2 Å². The highest BCUT2D eigenvalue weighted by Crippen LogP contribution is 2.63. The molecule has 0 amide bonds. The number of nitrogens with zero attached hydrogens (tertiary/aromatic N) is 2. The molecule has 4 aliphatic carbocycles. The highest BCUT2D eigenvalue weighted by atomic mass is 16.4. The first-order valence-electron chi connectivity index (χ1n) is 55.2. The van der Waals surface area contributed by atoms with E-state index in [1.54, 1.807) is 5.56 Å². The molecular weight excluding hydrogens is 1710 g/mol. The fourth-order valence-electron chi connectivity index (χ4n) is 25.1. The number of aryl methyl sites for hydroxylation is 3. The van der Waals surface area contributed by atoms with Crippen LogP contribution in [0.4, 0.5) is 0 Å². The van der Waals surface area contributed by atoms with Gasteiger partial charge in [0, 0.05) is 32.8 Å². The van der Waals surface area contributed by atoms with E-state index in [-0.39, 0.29) is 21.7 Å². The van der Waals surface area contributed by atoms with Crippen molar-refractivity contribution in [2.75, 3.05) is 0 Å². The number of unbranched alkanes of at least 4 members (excludes halogenated alkanes) is 1. The molecule has 0 saturated carbocycles. The Labute approximate surface area is 853 Å². The van der Waals surface area contributed by atoms with E-state index in [0.717, 1.165) is 120 Å². The maximum Gasteiger partial charge on any atom is 0.248 e. The van der Waals surface area contributed by atoms with Crippen molar-refractivity contribution in [1.29, 1.82) is 0 Å². The predicted octanol–water partition coefficient (Wildman–Crippen LogP) is 39.5. The van der Waals surface area contributed by atoms with E-state index in [4.69, 9.17) is 4.42 Å². The van der Waals surface area contributed by atoms with Crippen molar-refractivity contribution in [3.05, 3.63) is 379 Å². The van der Waals surface area contributed by atoms with Crippen molar-refractivity contribution < 1.29 is 4.42 Å². The van der Waals surface area contributed by atoms with Crippen molar-refractivity contribution in [2.24, 2.45) is 47.3 Å². The van der Waals surface area contributed by atoms with Gasteiger partial charge in [0.15, 0.2) is 0 Å². The van der Waals surface area contributed by atoms with Crippen molar-refractivity contribution in [3.63, 3.8) is 0 Å². The van der Waals surface area contributed by atoms with Crippen LogP contribution < -0.4 is 0 Å². The van der Waals surface area contributed by atoms with E-state index in [2.05, 4.69) is 449 Å². The van der Waals surface area contributed by atoms with Gasteiger partial charge in [0.1, 0.15) is 0 Å². The molecule has 0 spiro atoms. The van der Waals surface area contributed by atoms with Gasteiger partial charge in [-0.3, -0.25) is 0 Å². The minimum Gasteiger partial charge on any atom is -0.416 e. The van der Waals surface area contributed by atoms with Crippen molar-refractivity contribution >= 4 is 48.6 Å². The summed E-state index contributed by atoms with van der Waals surface area (Å²) in [6, 6.07) is 107. The lowest BCUT2D eigenvalue weighted by molar-refractivity contribution is 0.308. The maximum atomic E-state index is 6.38. The number of benzene rings is 13. The summed E-state index contributed by atoms with van der Waals surface area (Å²) in [6.45, 7) is 41.4. The summed E-state index contributed by atoms with van der Waals surface area (Å²) >= 11 is 0. The first-order chi connectivity index (χ1) is 69.0. The normalized spacial score (nSPS) is 18.7. The SMILES string of the molecule is CCCCc1cccc(-c2nnc(-c3cccc(CCCc4ccc5c(c4)C(CC(C)CC)(CC(C)CC)c4cc(-c6ccc7c(c6)C(CC(C)CC)(CC(C)CC)c6cc(-c8ccc9c(c8)C(CC(C)CC)(CC(C)CC)c8cc(C=Cc%10ccc(C=Cc%11ccc(C=Cc%12ccc(C=Cc%13ccc%14c(c%13)C(CC(C)CC)(CC(C)CC)c%13ccccc%13-%14)cc%12)cc%11)cc%10)ccc8-9)ccc6-7)ccc4-5)c3)o2)c1. The van der Waals surface area contributed by atoms with Crippen LogP contribution in [0.15, 0.2) is 277 Å². The van der Waals surface area contributed by atoms with Crippen LogP contribution in [0.2, 0.25) is 0 Å². The third-order valence-corrected chi connectivity index (χ3v) is 34.5. The number of hydrogen-bond acceptors (Lipinski definition) is 3. The average molecular weight is 1870 g/mol. The molecule has 0 fully saturated rings. The highest BCUT2D eigenvalue weighted by molar-refractivity contribution is 5.92. The zero-order valence-corrected chi connectivity index (χ0v) is 88.6. The Morgan fingerprint density at radius 1 is 0.211 bits per heavy atom. The zero-order chi connectivity index (χ0) is 99.0. The second kappa shape index (κ2) is 44.0. The summed E-state index contributed by atoms with van der Waals surface area (Å²) < 4.78 is 6.38. The Morgan fingerprint density at radius 3 is 0.754 bits per heavy atom. The van der Waals surface area contributed by atoms with Gasteiger partial charge in [-0.1, -0.05) is 449 Å². The summed E-state index contributed by atoms with van der Waals surface area (Å²) in [5, 5.41) is 9.10. The van der Waals surface area contributed by atoms with Crippen molar-refractivity contribution in [3.8, 4) is 89.7 Å². The monoisotopic (exact) mass is 1870 g/mol. The fraction of sp³-hybridized carbons (Fsp3) is 0.367. The molecule has 728 valence electrons. The smallest absolute Gasteiger partial charge is 0.248 e. The minimum atomic E-state index is -0.171. The molecule has 18 rings (SSSR count). The lowest BCUT2D eigenvalue weighted by atomic mass is 9.65. The standard InChI is InChI=1S/C139H156N2O/c1-18-27-33-107-36-31-38-116(76-107)134-140-141-135(142-134)117-39-32-37-108(77-117)34-30-35-109-62-69-120-122-72-65-112(81-130(122)137(128(120)78-109,87-95(12)21-4)88-96(13)22-5)114-67-74-124-125-75-68-115(84-133(125)139(132(124)83-114,91-99(16)25-8)92-100(17)26-9)113-66-73-123-121-71-64-111(80-129(121)138(131(123)82-113,89-97(14)23-6)90-98(15)24-7)61-59-106-56-52-104(53-57-106)49-47-102-44-42-101(43-45-102)46-48-103-50-54-105(55-51-103)58-60-110-63-70-119-118-40-28-29-41-126(118)136(127(119)79-110,85-93(10)19-2)86-94(11)20-3/h28-29,31-32,36-84,93-100H,18-27,30,33-35,85-92H2,1-17H3. The molecule has 0 aliphatic heterocycles. The molecule has 4 aliphatic rings. The molecule has 8 unspecified atom stereocenters. The van der Waals surface area contributed by atoms with Gasteiger partial charge in [0.25, 0.3) is 0 Å².